The Labute approximate surface area is 394 Å². The number of piperidine rings is 3. The Morgan fingerprint density at radius 3 is 2.52 bits per heavy atom. The summed E-state index contributed by atoms with van der Waals surface area (Å²) < 4.78 is 71.7. The number of carbonyl (C=O) groups excluding carboxylic acids is 4. The first kappa shape index (κ1) is 46.2. The van der Waals surface area contributed by atoms with E-state index in [4.69, 9.17) is 9.47 Å². The average Bonchev–Trinajstić information content (AvgIpc) is 4.05. The monoisotopic (exact) mass is 969 g/mol. The first-order chi connectivity index (χ1) is 33.0. The van der Waals surface area contributed by atoms with Gasteiger partial charge in [0.05, 0.1) is 53.2 Å². The smallest absolute Gasteiger partial charge is 0.301 e. The van der Waals surface area contributed by atoms with Gasteiger partial charge in [-0.1, -0.05) is 0 Å². The van der Waals surface area contributed by atoms with E-state index in [0.29, 0.717) is 69.4 Å². The van der Waals surface area contributed by atoms with Crippen LogP contribution in [0.15, 0.2) is 59.7 Å². The lowest BCUT2D eigenvalue weighted by atomic mass is 9.85. The van der Waals surface area contributed by atoms with Crippen LogP contribution in [0.2, 0.25) is 0 Å². The molecule has 5 fully saturated rings. The van der Waals surface area contributed by atoms with Crippen molar-refractivity contribution in [2.45, 2.75) is 93.8 Å². The zero-order valence-corrected chi connectivity index (χ0v) is 38.2. The highest BCUT2D eigenvalue weighted by Crippen LogP contribution is 2.42. The quantitative estimate of drug-likeness (QED) is 0.194. The highest BCUT2D eigenvalue weighted by Gasteiger charge is 2.46. The molecule has 4 aromatic rings. The number of nitrogens with one attached hydrogen (secondary N) is 2. The Hall–Kier alpha value is -6.54. The summed E-state index contributed by atoms with van der Waals surface area (Å²) in [4.78, 5) is 74.8. The molecular weight excluding hydrogens is 921 g/mol. The molecule has 362 valence electrons. The lowest BCUT2D eigenvalue weighted by Crippen LogP contribution is -2.52. The minimum Gasteiger partial charge on any atom is -0.453 e. The van der Waals surface area contributed by atoms with E-state index in [9.17, 15) is 47.1 Å². The summed E-state index contributed by atoms with van der Waals surface area (Å²) in [7, 11) is -4.27. The van der Waals surface area contributed by atoms with E-state index in [1.54, 1.807) is 17.0 Å². The van der Waals surface area contributed by atoms with Crippen LogP contribution in [0, 0.1) is 17.1 Å². The van der Waals surface area contributed by atoms with Crippen LogP contribution in [0.5, 0.6) is 11.5 Å². The number of alkyl halides is 1. The van der Waals surface area contributed by atoms with Gasteiger partial charge in [-0.15, -0.1) is 0 Å². The molecule has 3 aromatic carbocycles. The molecule has 1 aromatic heterocycles. The van der Waals surface area contributed by atoms with Crippen molar-refractivity contribution in [1.82, 2.24) is 29.0 Å². The van der Waals surface area contributed by atoms with E-state index in [1.165, 1.54) is 34.0 Å². The highest BCUT2D eigenvalue weighted by molar-refractivity contribution is 7.90. The number of hydrogen-bond acceptors (Lipinski definition) is 13. The lowest BCUT2D eigenvalue weighted by Gasteiger charge is -2.42. The molecule has 5 saturated heterocycles. The number of aliphatic hydroxyl groups is 1. The Morgan fingerprint density at radius 2 is 1.80 bits per heavy atom. The van der Waals surface area contributed by atoms with Crippen LogP contribution in [0.1, 0.15) is 85.3 Å². The zero-order chi connectivity index (χ0) is 48.4. The first-order valence-electron chi connectivity index (χ1n) is 23.0. The summed E-state index contributed by atoms with van der Waals surface area (Å²) >= 11 is 0. The van der Waals surface area contributed by atoms with Crippen molar-refractivity contribution < 1.29 is 51.0 Å². The molecule has 3 N–H and O–H groups in total. The molecule has 19 nitrogen and oxygen atoms in total. The Balaban J connectivity index is 0.739. The summed E-state index contributed by atoms with van der Waals surface area (Å²) in [5.41, 5.74) is -0.398. The number of fused-ring (bicyclic) bond motifs is 2. The fourth-order valence-corrected chi connectivity index (χ4v) is 11.8. The molecule has 69 heavy (non-hydrogen) atoms. The standard InChI is InChI=1S/C47H49F2N9O10S/c48-29-9-14-56(25-29)69(65,66)53-38-6-4-36(49)42(35(38)23-50)68-32-2-5-37-34(20-32)45(63)58(27-51-37)31-21-47(67-26-31)12-17-55(18-13-47)41(60)22-46(64)10-15-54(16-11-46)30-1-3-33-28(19-30)24-57(44(33)62)39-7-8-40(59)52-43(39)61/h1-6,19-20,27,29,31,39,53,64H,7-18,21-22,24-26H2,(H,52,59,61)/t29-,31?,39+/m1/s1. The van der Waals surface area contributed by atoms with Crippen LogP contribution in [0.3, 0.4) is 0 Å². The molecule has 0 saturated carbocycles. The molecule has 1 unspecified atom stereocenters. The third-order valence-corrected chi connectivity index (χ3v) is 16.0. The second kappa shape index (κ2) is 17.8. The number of ether oxygens (including phenoxy) is 2. The maximum atomic E-state index is 15.2. The zero-order valence-electron chi connectivity index (χ0n) is 37.4. The molecule has 7 heterocycles. The molecule has 10 rings (SSSR count). The number of anilines is 2. The fraction of sp³-hybridized carbons (Fsp3) is 0.468. The van der Waals surface area contributed by atoms with Crippen molar-refractivity contribution in [3.8, 4) is 17.6 Å². The van der Waals surface area contributed by atoms with Crippen LogP contribution in [-0.2, 0) is 35.9 Å². The summed E-state index contributed by atoms with van der Waals surface area (Å²) in [6, 6.07) is 12.6. The van der Waals surface area contributed by atoms with E-state index in [-0.39, 0.29) is 86.5 Å². The van der Waals surface area contributed by atoms with E-state index in [1.807, 2.05) is 12.1 Å². The second-order valence-corrected chi connectivity index (χ2v) is 20.5. The number of hydrogen-bond donors (Lipinski definition) is 3. The van der Waals surface area contributed by atoms with Crippen molar-refractivity contribution in [2.75, 3.05) is 55.5 Å². The van der Waals surface area contributed by atoms with E-state index >= 15 is 4.39 Å². The third kappa shape index (κ3) is 8.88. The molecule has 0 aliphatic carbocycles. The van der Waals surface area contributed by atoms with Crippen LogP contribution in [0.25, 0.3) is 10.9 Å². The minimum atomic E-state index is -4.27. The molecule has 6 aliphatic heterocycles. The predicted octanol–water partition coefficient (Wildman–Crippen LogP) is 3.41. The van der Waals surface area contributed by atoms with Gasteiger partial charge in [0.15, 0.2) is 11.6 Å². The van der Waals surface area contributed by atoms with E-state index in [2.05, 4.69) is 19.9 Å². The van der Waals surface area contributed by atoms with Crippen LogP contribution < -0.4 is 25.2 Å². The number of amides is 4. The Kier molecular flexibility index (Phi) is 11.9. The minimum absolute atomic E-state index is 0.0137. The number of rotatable bonds is 10. The molecule has 6 aliphatic rings. The van der Waals surface area contributed by atoms with Crippen LogP contribution >= 0.6 is 0 Å². The summed E-state index contributed by atoms with van der Waals surface area (Å²) in [6.07, 6.45) is 2.81. The van der Waals surface area contributed by atoms with E-state index in [0.717, 1.165) is 27.7 Å². The molecule has 1 spiro atoms. The number of halogens is 2. The summed E-state index contributed by atoms with van der Waals surface area (Å²) in [6.45, 7) is 1.87. The number of aromatic nitrogens is 2. The maximum absolute atomic E-state index is 15.2. The topological polar surface area (TPSA) is 237 Å². The van der Waals surface area contributed by atoms with Gasteiger partial charge in [0, 0.05) is 63.5 Å². The molecule has 4 amide bonds. The van der Waals surface area contributed by atoms with Crippen molar-refractivity contribution in [2.24, 2.45) is 0 Å². The molecule has 22 heteroatoms. The van der Waals surface area contributed by atoms with Crippen LogP contribution in [0.4, 0.5) is 20.2 Å². The predicted molar refractivity (Wildman–Crippen MR) is 242 cm³/mol. The fourth-order valence-electron chi connectivity index (χ4n) is 10.5. The number of nitriles is 1. The molecule has 3 atom stereocenters. The maximum Gasteiger partial charge on any atom is 0.301 e. The SMILES string of the molecule is N#Cc1c(NS(=O)(=O)N2CC[C@@H](F)C2)ccc(F)c1Oc1ccc2ncn(C3COC4(CCN(C(=O)CC5(O)CCN(c6ccc7c(c6)CN([C@H]6CCC(=O)NC6=O)C7=O)CC5)CC4)C3)c(=O)c2c1. The van der Waals surface area contributed by atoms with Crippen molar-refractivity contribution >= 4 is 56.1 Å². The molecular formula is C47H49F2N9O10S. The van der Waals surface area contributed by atoms with Gasteiger partial charge in [-0.05, 0) is 99.0 Å². The number of likely N-dealkylation sites (tertiary alicyclic amines) is 1. The van der Waals surface area contributed by atoms with Gasteiger partial charge in [-0.25, -0.2) is 13.8 Å². The summed E-state index contributed by atoms with van der Waals surface area (Å²) in [5.74, 6) is -2.75. The van der Waals surface area contributed by atoms with Crippen molar-refractivity contribution in [3.63, 3.8) is 0 Å². The largest absolute Gasteiger partial charge is 0.453 e. The van der Waals surface area contributed by atoms with Crippen molar-refractivity contribution in [1.29, 1.82) is 5.26 Å². The van der Waals surface area contributed by atoms with Gasteiger partial charge in [0.2, 0.25) is 17.7 Å². The number of nitrogens with zero attached hydrogens (tertiary/aromatic N) is 7. The van der Waals surface area contributed by atoms with Gasteiger partial charge in [-0.3, -0.25) is 38.6 Å². The second-order valence-electron chi connectivity index (χ2n) is 18.9. The van der Waals surface area contributed by atoms with Gasteiger partial charge < -0.3 is 29.3 Å². The Morgan fingerprint density at radius 1 is 1.01 bits per heavy atom. The van der Waals surface area contributed by atoms with Gasteiger partial charge in [0.25, 0.3) is 11.5 Å². The molecule has 0 bridgehead atoms. The number of imide groups is 1. The molecule has 0 radical (unpaired) electrons. The van der Waals surface area contributed by atoms with Gasteiger partial charge in [0.1, 0.15) is 29.6 Å². The summed E-state index contributed by atoms with van der Waals surface area (Å²) in [5, 5.41) is 24.1. The van der Waals surface area contributed by atoms with Crippen molar-refractivity contribution in [3.05, 3.63) is 87.7 Å². The average molecular weight is 970 g/mol. The first-order valence-corrected chi connectivity index (χ1v) is 24.4. The lowest BCUT2D eigenvalue weighted by molar-refractivity contribution is -0.142. The number of carbonyl (C=O) groups is 4. The third-order valence-electron chi connectivity index (χ3n) is 14.5. The van der Waals surface area contributed by atoms with Gasteiger partial charge >= 0.3 is 10.2 Å². The van der Waals surface area contributed by atoms with Crippen LogP contribution in [-0.4, -0.2) is 130 Å². The van der Waals surface area contributed by atoms with Gasteiger partial charge in [-0.2, -0.15) is 18.0 Å². The van der Waals surface area contributed by atoms with E-state index < -0.39 is 68.3 Å². The number of benzene rings is 3. The normalized spacial score (nSPS) is 23.6. The highest BCUT2D eigenvalue weighted by atomic mass is 32.2. The Bertz CT molecular complexity index is 3000.